The zero-order valence-electron chi connectivity index (χ0n) is 14.3. The second-order valence-corrected chi connectivity index (χ2v) is 7.12. The fourth-order valence-electron chi connectivity index (χ4n) is 4.34. The Kier molecular flexibility index (Phi) is 4.48. The molecule has 7 heteroatoms. The summed E-state index contributed by atoms with van der Waals surface area (Å²) in [5.74, 6) is 1.38. The van der Waals surface area contributed by atoms with Gasteiger partial charge in [0.1, 0.15) is 6.33 Å². The van der Waals surface area contributed by atoms with Crippen LogP contribution in [0.25, 0.3) is 11.4 Å². The summed E-state index contributed by atoms with van der Waals surface area (Å²) in [5.41, 5.74) is 0.747. The van der Waals surface area contributed by atoms with Crippen molar-refractivity contribution in [1.29, 1.82) is 0 Å². The molecule has 2 aromatic rings. The van der Waals surface area contributed by atoms with Gasteiger partial charge in [-0.05, 0) is 31.6 Å². The molecule has 7 nitrogen and oxygen atoms in total. The molecule has 0 amide bonds. The molecule has 2 fully saturated rings. The highest BCUT2D eigenvalue weighted by atomic mass is 16.6. The number of likely N-dealkylation sites (tertiary alicyclic amines) is 1. The Morgan fingerprint density at radius 2 is 2.04 bits per heavy atom. The number of nitro benzene ring substituents is 1. The standard InChI is InChI=1S/C18H23N5O2/c24-23(25)16-8-3-6-15(11-16)18-19-12-22(20-18)13-21-10-4-7-14-5-1-2-9-17(14)21/h3,6,8,11-12,14,17H,1-2,4-5,7,9-10,13H2/t14-,17+/m1/s1. The van der Waals surface area contributed by atoms with Crippen LogP contribution >= 0.6 is 0 Å². The lowest BCUT2D eigenvalue weighted by Crippen LogP contribution is -2.47. The van der Waals surface area contributed by atoms with Gasteiger partial charge in [0.15, 0.2) is 5.82 Å². The largest absolute Gasteiger partial charge is 0.281 e. The van der Waals surface area contributed by atoms with Gasteiger partial charge in [0, 0.05) is 30.3 Å². The predicted octanol–water partition coefficient (Wildman–Crippen LogP) is 3.47. The normalized spacial score (nSPS) is 24.0. The van der Waals surface area contributed by atoms with E-state index in [1.165, 1.54) is 50.7 Å². The van der Waals surface area contributed by atoms with Gasteiger partial charge in [0.2, 0.25) is 0 Å². The third-order valence-electron chi connectivity index (χ3n) is 5.54. The molecular formula is C18H23N5O2. The van der Waals surface area contributed by atoms with Crippen LogP contribution in [0.4, 0.5) is 5.69 Å². The Labute approximate surface area is 146 Å². The van der Waals surface area contributed by atoms with E-state index in [2.05, 4.69) is 15.0 Å². The first-order valence-corrected chi connectivity index (χ1v) is 9.09. The Bertz CT molecular complexity index is 757. The second-order valence-electron chi connectivity index (χ2n) is 7.12. The molecule has 0 spiro atoms. The zero-order valence-corrected chi connectivity index (χ0v) is 14.3. The Hall–Kier alpha value is -2.28. The highest BCUT2D eigenvalue weighted by Gasteiger charge is 2.33. The molecule has 0 bridgehead atoms. The van der Waals surface area contributed by atoms with Crippen molar-refractivity contribution >= 4 is 5.69 Å². The van der Waals surface area contributed by atoms with Crippen molar-refractivity contribution in [2.45, 2.75) is 51.2 Å². The van der Waals surface area contributed by atoms with Crippen LogP contribution in [0.5, 0.6) is 0 Å². The third kappa shape index (κ3) is 3.42. The summed E-state index contributed by atoms with van der Waals surface area (Å²) < 4.78 is 1.87. The average Bonchev–Trinajstić information content (AvgIpc) is 3.11. The van der Waals surface area contributed by atoms with Crippen molar-refractivity contribution in [3.8, 4) is 11.4 Å². The summed E-state index contributed by atoms with van der Waals surface area (Å²) >= 11 is 0. The summed E-state index contributed by atoms with van der Waals surface area (Å²) in [6.45, 7) is 1.87. The van der Waals surface area contributed by atoms with Gasteiger partial charge in [-0.25, -0.2) is 9.67 Å². The van der Waals surface area contributed by atoms with E-state index in [4.69, 9.17) is 0 Å². The van der Waals surface area contributed by atoms with Crippen LogP contribution in [-0.4, -0.2) is 37.2 Å². The van der Waals surface area contributed by atoms with E-state index >= 15 is 0 Å². The number of non-ortho nitro benzene ring substituents is 1. The van der Waals surface area contributed by atoms with Crippen LogP contribution in [0.1, 0.15) is 38.5 Å². The Morgan fingerprint density at radius 1 is 1.20 bits per heavy atom. The second kappa shape index (κ2) is 6.92. The number of fused-ring (bicyclic) bond motifs is 1. The molecule has 1 aliphatic carbocycles. The Morgan fingerprint density at radius 3 is 2.92 bits per heavy atom. The fourth-order valence-corrected chi connectivity index (χ4v) is 4.34. The van der Waals surface area contributed by atoms with Gasteiger partial charge in [-0.3, -0.25) is 15.0 Å². The molecule has 1 saturated carbocycles. The maximum absolute atomic E-state index is 10.9. The van der Waals surface area contributed by atoms with E-state index in [0.717, 1.165) is 19.1 Å². The predicted molar refractivity (Wildman–Crippen MR) is 93.8 cm³/mol. The maximum Gasteiger partial charge on any atom is 0.270 e. The van der Waals surface area contributed by atoms with Gasteiger partial charge in [0.05, 0.1) is 11.6 Å². The van der Waals surface area contributed by atoms with Gasteiger partial charge < -0.3 is 0 Å². The molecule has 4 rings (SSSR count). The lowest BCUT2D eigenvalue weighted by atomic mass is 9.78. The molecule has 1 aliphatic heterocycles. The first-order chi connectivity index (χ1) is 12.2. The molecular weight excluding hydrogens is 318 g/mol. The summed E-state index contributed by atoms with van der Waals surface area (Å²) in [7, 11) is 0. The number of nitrogens with zero attached hydrogens (tertiary/aromatic N) is 5. The topological polar surface area (TPSA) is 77.1 Å². The monoisotopic (exact) mass is 341 g/mol. The molecule has 1 aromatic heterocycles. The van der Waals surface area contributed by atoms with E-state index < -0.39 is 4.92 Å². The van der Waals surface area contributed by atoms with Crippen LogP contribution in [0, 0.1) is 16.0 Å². The van der Waals surface area contributed by atoms with Crippen molar-refractivity contribution in [2.24, 2.45) is 5.92 Å². The number of benzene rings is 1. The van der Waals surface area contributed by atoms with Crippen molar-refractivity contribution < 1.29 is 4.92 Å². The minimum absolute atomic E-state index is 0.0647. The minimum atomic E-state index is -0.391. The number of nitro groups is 1. The first kappa shape index (κ1) is 16.2. The van der Waals surface area contributed by atoms with Crippen LogP contribution in [0.15, 0.2) is 30.6 Å². The first-order valence-electron chi connectivity index (χ1n) is 9.09. The van der Waals surface area contributed by atoms with Crippen molar-refractivity contribution in [1.82, 2.24) is 19.7 Å². The Balaban J connectivity index is 1.49. The number of hydrogen-bond donors (Lipinski definition) is 0. The van der Waals surface area contributed by atoms with Crippen molar-refractivity contribution in [2.75, 3.05) is 6.54 Å². The molecule has 0 unspecified atom stereocenters. The zero-order chi connectivity index (χ0) is 17.2. The van der Waals surface area contributed by atoms with E-state index in [1.807, 2.05) is 10.7 Å². The van der Waals surface area contributed by atoms with Gasteiger partial charge in [-0.15, -0.1) is 5.10 Å². The smallest absolute Gasteiger partial charge is 0.270 e. The van der Waals surface area contributed by atoms with E-state index in [9.17, 15) is 10.1 Å². The van der Waals surface area contributed by atoms with E-state index in [0.29, 0.717) is 17.4 Å². The molecule has 1 aromatic carbocycles. The molecule has 2 heterocycles. The number of rotatable bonds is 4. The molecule has 0 radical (unpaired) electrons. The number of hydrogen-bond acceptors (Lipinski definition) is 5. The van der Waals surface area contributed by atoms with Crippen LogP contribution < -0.4 is 0 Å². The molecule has 25 heavy (non-hydrogen) atoms. The highest BCUT2D eigenvalue weighted by Crippen LogP contribution is 2.35. The van der Waals surface area contributed by atoms with Gasteiger partial charge in [-0.1, -0.05) is 25.0 Å². The molecule has 0 N–H and O–H groups in total. The van der Waals surface area contributed by atoms with Gasteiger partial charge in [0.25, 0.3) is 5.69 Å². The van der Waals surface area contributed by atoms with Crippen molar-refractivity contribution in [3.05, 3.63) is 40.7 Å². The van der Waals surface area contributed by atoms with Crippen LogP contribution in [0.2, 0.25) is 0 Å². The van der Waals surface area contributed by atoms with E-state index in [-0.39, 0.29) is 5.69 Å². The maximum atomic E-state index is 10.9. The molecule has 2 aliphatic rings. The van der Waals surface area contributed by atoms with Gasteiger partial charge in [-0.2, -0.15) is 0 Å². The SMILES string of the molecule is O=[N+]([O-])c1cccc(-c2ncn(CN3CCC[C@H]4CCCC[C@@H]43)n2)c1. The highest BCUT2D eigenvalue weighted by molar-refractivity contribution is 5.58. The summed E-state index contributed by atoms with van der Waals surface area (Å²) in [6.07, 6.45) is 9.70. The number of aromatic nitrogens is 3. The molecule has 132 valence electrons. The fraction of sp³-hybridized carbons (Fsp3) is 0.556. The summed E-state index contributed by atoms with van der Waals surface area (Å²) in [5, 5.41) is 15.5. The summed E-state index contributed by atoms with van der Waals surface area (Å²) in [4.78, 5) is 17.4. The van der Waals surface area contributed by atoms with E-state index in [1.54, 1.807) is 12.4 Å². The third-order valence-corrected chi connectivity index (χ3v) is 5.54. The molecule has 2 atom stereocenters. The lowest BCUT2D eigenvalue weighted by Gasteiger charge is -2.43. The van der Waals surface area contributed by atoms with Gasteiger partial charge >= 0.3 is 0 Å². The lowest BCUT2D eigenvalue weighted by molar-refractivity contribution is -0.384. The van der Waals surface area contributed by atoms with Crippen LogP contribution in [-0.2, 0) is 6.67 Å². The minimum Gasteiger partial charge on any atom is -0.281 e. The summed E-state index contributed by atoms with van der Waals surface area (Å²) in [6, 6.07) is 7.17. The quantitative estimate of drug-likeness (QED) is 0.628. The van der Waals surface area contributed by atoms with Crippen LogP contribution in [0.3, 0.4) is 0 Å². The van der Waals surface area contributed by atoms with Crippen molar-refractivity contribution in [3.63, 3.8) is 0 Å². The number of piperidine rings is 1. The average molecular weight is 341 g/mol. The molecule has 1 saturated heterocycles.